The highest BCUT2D eigenvalue weighted by Gasteiger charge is 2.18. The van der Waals surface area contributed by atoms with Gasteiger partial charge in [0.25, 0.3) is 11.8 Å². The minimum Gasteiger partial charge on any atom is -0.494 e. The van der Waals surface area contributed by atoms with E-state index in [1.165, 1.54) is 25.3 Å². The van der Waals surface area contributed by atoms with Gasteiger partial charge in [-0.15, -0.1) is 0 Å². The molecule has 0 saturated heterocycles. The average Bonchev–Trinajstić information content (AvgIpc) is 2.63. The maximum atomic E-state index is 14.2. The van der Waals surface area contributed by atoms with E-state index >= 15 is 0 Å². The summed E-state index contributed by atoms with van der Waals surface area (Å²) in [5.74, 6) is -1.65. The van der Waals surface area contributed by atoms with Gasteiger partial charge in [0.1, 0.15) is 0 Å². The molecule has 0 radical (unpaired) electrons. The lowest BCUT2D eigenvalue weighted by molar-refractivity contribution is 0.0935. The smallest absolute Gasteiger partial charge is 0.258 e. The van der Waals surface area contributed by atoms with Crippen LogP contribution < -0.4 is 15.4 Å². The average molecular weight is 360 g/mol. The Hall–Kier alpha value is -2.93. The summed E-state index contributed by atoms with van der Waals surface area (Å²) in [5.41, 5.74) is 1.29. The van der Waals surface area contributed by atoms with Gasteiger partial charge < -0.3 is 20.1 Å². The maximum Gasteiger partial charge on any atom is 0.258 e. The van der Waals surface area contributed by atoms with Crippen molar-refractivity contribution in [3.05, 3.63) is 58.9 Å². The zero-order chi connectivity index (χ0) is 19.1. The normalized spacial score (nSPS) is 10.3. The summed E-state index contributed by atoms with van der Waals surface area (Å²) in [6.07, 6.45) is 0. The fourth-order valence-electron chi connectivity index (χ4n) is 2.41. The Balaban J connectivity index is 2.21. The minimum atomic E-state index is -0.737. The van der Waals surface area contributed by atoms with Crippen LogP contribution in [0.5, 0.6) is 5.75 Å². The van der Waals surface area contributed by atoms with E-state index < -0.39 is 11.7 Å². The van der Waals surface area contributed by atoms with Crippen LogP contribution in [-0.4, -0.2) is 39.2 Å². The highest BCUT2D eigenvalue weighted by Crippen LogP contribution is 2.23. The number of rotatable bonds is 7. The zero-order valence-electron chi connectivity index (χ0n) is 14.9. The Labute approximate surface area is 151 Å². The molecule has 138 valence electrons. The van der Waals surface area contributed by atoms with Gasteiger partial charge in [0.2, 0.25) is 0 Å². The second kappa shape index (κ2) is 8.96. The van der Waals surface area contributed by atoms with Gasteiger partial charge in [0.15, 0.2) is 11.6 Å². The van der Waals surface area contributed by atoms with Crippen LogP contribution >= 0.6 is 0 Å². The zero-order valence-corrected chi connectivity index (χ0v) is 14.9. The molecular formula is C19H21FN2O4. The van der Waals surface area contributed by atoms with Crippen molar-refractivity contribution in [1.29, 1.82) is 0 Å². The number of hydrogen-bond donors (Lipinski definition) is 2. The fraction of sp³-hybridized carbons (Fsp3) is 0.263. The summed E-state index contributed by atoms with van der Waals surface area (Å²) in [7, 11) is 2.88. The summed E-state index contributed by atoms with van der Waals surface area (Å²) in [6.45, 7) is 2.49. The van der Waals surface area contributed by atoms with Crippen LogP contribution in [0.2, 0.25) is 0 Å². The molecule has 0 aliphatic carbocycles. The molecule has 0 bridgehead atoms. The molecular weight excluding hydrogens is 339 g/mol. The van der Waals surface area contributed by atoms with Gasteiger partial charge in [-0.2, -0.15) is 0 Å². The summed E-state index contributed by atoms with van der Waals surface area (Å²) >= 11 is 0. The Morgan fingerprint density at radius 3 is 2.42 bits per heavy atom. The predicted molar refractivity (Wildman–Crippen MR) is 96.3 cm³/mol. The van der Waals surface area contributed by atoms with Gasteiger partial charge in [-0.3, -0.25) is 9.59 Å². The first-order valence-electron chi connectivity index (χ1n) is 8.00. The van der Waals surface area contributed by atoms with Crippen LogP contribution in [-0.2, 0) is 4.74 Å². The summed E-state index contributed by atoms with van der Waals surface area (Å²) in [4.78, 5) is 24.7. The van der Waals surface area contributed by atoms with Crippen molar-refractivity contribution in [3.8, 4) is 5.75 Å². The Morgan fingerprint density at radius 2 is 1.73 bits per heavy atom. The Bertz CT molecular complexity index is 808. The van der Waals surface area contributed by atoms with Crippen LogP contribution in [0.3, 0.4) is 0 Å². The third-order valence-electron chi connectivity index (χ3n) is 3.85. The van der Waals surface area contributed by atoms with Crippen molar-refractivity contribution in [3.63, 3.8) is 0 Å². The van der Waals surface area contributed by atoms with Crippen molar-refractivity contribution in [2.45, 2.75) is 6.92 Å². The summed E-state index contributed by atoms with van der Waals surface area (Å²) in [5, 5.41) is 5.37. The van der Waals surface area contributed by atoms with Crippen molar-refractivity contribution >= 4 is 17.5 Å². The number of carbonyl (C=O) groups excluding carboxylic acids is 2. The molecule has 0 aliphatic heterocycles. The molecule has 2 aromatic rings. The van der Waals surface area contributed by atoms with Gasteiger partial charge in [-0.25, -0.2) is 4.39 Å². The number of hydrogen-bond acceptors (Lipinski definition) is 4. The van der Waals surface area contributed by atoms with Crippen molar-refractivity contribution in [2.24, 2.45) is 0 Å². The SMILES string of the molecule is COCCNC(=O)c1cccc(NC(=O)c2cccc(OC)c2F)c1C. The molecule has 0 saturated carbocycles. The summed E-state index contributed by atoms with van der Waals surface area (Å²) < 4.78 is 24.0. The standard InChI is InChI=1S/C19H21FN2O4/c1-12-13(18(23)21-10-11-25-2)6-4-8-15(12)22-19(24)14-7-5-9-16(26-3)17(14)20/h4-9H,10-11H2,1-3H3,(H,21,23)(H,22,24). The Kier molecular flexibility index (Phi) is 6.68. The highest BCUT2D eigenvalue weighted by molar-refractivity contribution is 6.06. The number of benzene rings is 2. The largest absolute Gasteiger partial charge is 0.494 e. The second-order valence-corrected chi connectivity index (χ2v) is 5.50. The van der Waals surface area contributed by atoms with E-state index in [0.29, 0.717) is 30.0 Å². The molecule has 2 rings (SSSR count). The van der Waals surface area contributed by atoms with Crippen LogP contribution in [0.4, 0.5) is 10.1 Å². The number of amides is 2. The molecule has 0 unspecified atom stereocenters. The van der Waals surface area contributed by atoms with Crippen LogP contribution in [0.1, 0.15) is 26.3 Å². The second-order valence-electron chi connectivity index (χ2n) is 5.50. The third kappa shape index (κ3) is 4.37. The van der Waals surface area contributed by atoms with E-state index in [9.17, 15) is 14.0 Å². The van der Waals surface area contributed by atoms with Gasteiger partial charge in [0, 0.05) is 24.9 Å². The van der Waals surface area contributed by atoms with Crippen molar-refractivity contribution in [2.75, 3.05) is 32.7 Å². The van der Waals surface area contributed by atoms with Crippen LogP contribution in [0.25, 0.3) is 0 Å². The predicted octanol–water partition coefficient (Wildman–Crippen LogP) is 2.77. The van der Waals surface area contributed by atoms with E-state index in [2.05, 4.69) is 10.6 Å². The van der Waals surface area contributed by atoms with E-state index in [-0.39, 0.29) is 17.2 Å². The van der Waals surface area contributed by atoms with E-state index in [1.807, 2.05) is 0 Å². The first-order valence-corrected chi connectivity index (χ1v) is 8.00. The van der Waals surface area contributed by atoms with Crippen LogP contribution in [0, 0.1) is 12.7 Å². The molecule has 0 spiro atoms. The first kappa shape index (κ1) is 19.4. The molecule has 6 nitrogen and oxygen atoms in total. The molecule has 2 amide bonds. The molecule has 2 N–H and O–H groups in total. The fourth-order valence-corrected chi connectivity index (χ4v) is 2.41. The monoisotopic (exact) mass is 360 g/mol. The van der Waals surface area contributed by atoms with E-state index in [0.717, 1.165) is 0 Å². The topological polar surface area (TPSA) is 76.7 Å². The molecule has 7 heteroatoms. The molecule has 2 aromatic carbocycles. The molecule has 0 fully saturated rings. The van der Waals surface area contributed by atoms with E-state index in [1.54, 1.807) is 32.2 Å². The van der Waals surface area contributed by atoms with Gasteiger partial charge in [-0.1, -0.05) is 12.1 Å². The number of nitrogens with one attached hydrogen (secondary N) is 2. The first-order chi connectivity index (χ1) is 12.5. The molecule has 0 aliphatic rings. The molecule has 0 heterocycles. The van der Waals surface area contributed by atoms with Crippen molar-refractivity contribution in [1.82, 2.24) is 5.32 Å². The van der Waals surface area contributed by atoms with E-state index in [4.69, 9.17) is 9.47 Å². The lowest BCUT2D eigenvalue weighted by atomic mass is 10.1. The van der Waals surface area contributed by atoms with Crippen LogP contribution in [0.15, 0.2) is 36.4 Å². The number of ether oxygens (including phenoxy) is 2. The minimum absolute atomic E-state index is 0.0133. The van der Waals surface area contributed by atoms with Gasteiger partial charge >= 0.3 is 0 Å². The molecule has 26 heavy (non-hydrogen) atoms. The number of methoxy groups -OCH3 is 2. The maximum absolute atomic E-state index is 14.2. The number of halogens is 1. The van der Waals surface area contributed by atoms with Gasteiger partial charge in [-0.05, 0) is 36.8 Å². The van der Waals surface area contributed by atoms with Crippen molar-refractivity contribution < 1.29 is 23.5 Å². The lowest BCUT2D eigenvalue weighted by Crippen LogP contribution is -2.27. The quantitative estimate of drug-likeness (QED) is 0.745. The Morgan fingerprint density at radius 1 is 1.04 bits per heavy atom. The highest BCUT2D eigenvalue weighted by atomic mass is 19.1. The summed E-state index contributed by atoms with van der Waals surface area (Å²) in [6, 6.07) is 9.28. The lowest BCUT2D eigenvalue weighted by Gasteiger charge is -2.13. The number of carbonyl (C=O) groups is 2. The third-order valence-corrected chi connectivity index (χ3v) is 3.85. The number of anilines is 1. The molecule has 0 atom stereocenters. The van der Waals surface area contributed by atoms with Gasteiger partial charge in [0.05, 0.1) is 19.3 Å². The molecule has 0 aromatic heterocycles.